The van der Waals surface area contributed by atoms with Crippen LogP contribution in [0, 0.1) is 0 Å². The number of rotatable bonds is 10. The molecule has 5 nitrogen and oxygen atoms in total. The molecule has 172 valence electrons. The molecule has 0 aromatic heterocycles. The second kappa shape index (κ2) is 10.7. The highest BCUT2D eigenvalue weighted by Gasteiger charge is 2.16. The highest BCUT2D eigenvalue weighted by atomic mass is 16.5. The van der Waals surface area contributed by atoms with E-state index < -0.39 is 5.97 Å². The molecule has 0 saturated carbocycles. The number of Topliss-reactive ketones (excluding diaryl/α,β-unsaturated/α-hetero) is 1. The molecular weight excluding hydrogens is 426 g/mol. The maximum atomic E-state index is 12.9. The monoisotopic (exact) mass is 453 g/mol. The number of aryl methyl sites for hydroxylation is 1. The molecule has 0 aliphatic rings. The number of carbonyl (C=O) groups is 2. The lowest BCUT2D eigenvalue weighted by Crippen LogP contribution is -2.16. The molecular formula is C29H27NO4. The van der Waals surface area contributed by atoms with E-state index in [-0.39, 0.29) is 17.4 Å². The van der Waals surface area contributed by atoms with E-state index in [1.54, 1.807) is 31.4 Å². The lowest BCUT2D eigenvalue weighted by atomic mass is 9.97. The molecule has 0 radical (unpaired) electrons. The summed E-state index contributed by atoms with van der Waals surface area (Å²) in [4.78, 5) is 24.1. The third-order valence-corrected chi connectivity index (χ3v) is 5.91. The van der Waals surface area contributed by atoms with Crippen LogP contribution in [0.5, 0.6) is 5.75 Å². The topological polar surface area (TPSA) is 75.6 Å². The Bertz CT molecular complexity index is 1280. The van der Waals surface area contributed by atoms with E-state index in [0.29, 0.717) is 19.3 Å². The van der Waals surface area contributed by atoms with Crippen LogP contribution in [-0.2, 0) is 11.2 Å². The largest absolute Gasteiger partial charge is 0.497 e. The summed E-state index contributed by atoms with van der Waals surface area (Å²) in [5.74, 6) is 0.0278. The van der Waals surface area contributed by atoms with Gasteiger partial charge < -0.3 is 15.2 Å². The molecule has 0 bridgehead atoms. The molecule has 1 atom stereocenters. The highest BCUT2D eigenvalue weighted by molar-refractivity contribution is 5.88. The predicted octanol–water partition coefficient (Wildman–Crippen LogP) is 6.29. The molecule has 4 aromatic rings. The number of hydrogen-bond acceptors (Lipinski definition) is 4. The number of carboxylic acid groups (broad SMARTS) is 1. The Balaban J connectivity index is 1.43. The molecule has 0 spiro atoms. The Morgan fingerprint density at radius 3 is 2.29 bits per heavy atom. The van der Waals surface area contributed by atoms with E-state index in [1.165, 1.54) is 0 Å². The first-order chi connectivity index (χ1) is 16.5. The smallest absolute Gasteiger partial charge is 0.335 e. The van der Waals surface area contributed by atoms with Crippen LogP contribution in [0.3, 0.4) is 0 Å². The van der Waals surface area contributed by atoms with E-state index in [1.807, 2.05) is 48.5 Å². The van der Waals surface area contributed by atoms with Crippen LogP contribution >= 0.6 is 0 Å². The van der Waals surface area contributed by atoms with Crippen LogP contribution in [0.15, 0.2) is 91.0 Å². The van der Waals surface area contributed by atoms with Gasteiger partial charge in [-0.15, -0.1) is 0 Å². The number of methoxy groups -OCH3 is 1. The predicted molar refractivity (Wildman–Crippen MR) is 135 cm³/mol. The van der Waals surface area contributed by atoms with Crippen molar-refractivity contribution < 1.29 is 19.4 Å². The number of ether oxygens (including phenoxy) is 1. The summed E-state index contributed by atoms with van der Waals surface area (Å²) in [6, 6.07) is 28.4. The number of aromatic carboxylic acids is 1. The zero-order chi connectivity index (χ0) is 23.9. The summed E-state index contributed by atoms with van der Waals surface area (Å²) < 4.78 is 5.29. The summed E-state index contributed by atoms with van der Waals surface area (Å²) in [5, 5.41) is 14.8. The van der Waals surface area contributed by atoms with Crippen molar-refractivity contribution in [1.29, 1.82) is 0 Å². The van der Waals surface area contributed by atoms with Crippen LogP contribution in [0.1, 0.15) is 40.4 Å². The molecule has 0 fully saturated rings. The van der Waals surface area contributed by atoms with Gasteiger partial charge in [0.1, 0.15) is 11.5 Å². The molecule has 34 heavy (non-hydrogen) atoms. The molecule has 0 aliphatic heterocycles. The van der Waals surface area contributed by atoms with Crippen LogP contribution in [0.25, 0.3) is 10.8 Å². The zero-order valence-corrected chi connectivity index (χ0v) is 19.0. The van der Waals surface area contributed by atoms with Gasteiger partial charge in [0.05, 0.1) is 18.7 Å². The second-order valence-electron chi connectivity index (χ2n) is 8.28. The summed E-state index contributed by atoms with van der Waals surface area (Å²) in [6.07, 6.45) is 1.47. The number of nitrogens with one attached hydrogen (secondary N) is 1. The van der Waals surface area contributed by atoms with E-state index in [4.69, 9.17) is 9.84 Å². The summed E-state index contributed by atoms with van der Waals surface area (Å²) in [7, 11) is 1.66. The average Bonchev–Trinajstić information content (AvgIpc) is 2.87. The van der Waals surface area contributed by atoms with Gasteiger partial charge in [-0.3, -0.25) is 4.79 Å². The van der Waals surface area contributed by atoms with Crippen LogP contribution in [0.4, 0.5) is 5.69 Å². The lowest BCUT2D eigenvalue weighted by Gasteiger charge is -2.20. The normalized spacial score (nSPS) is 11.7. The van der Waals surface area contributed by atoms with E-state index in [0.717, 1.165) is 33.3 Å². The number of fused-ring (bicyclic) bond motifs is 1. The van der Waals surface area contributed by atoms with Crippen molar-refractivity contribution in [3.05, 3.63) is 108 Å². The summed E-state index contributed by atoms with van der Waals surface area (Å²) in [6.45, 7) is 0. The Morgan fingerprint density at radius 1 is 0.882 bits per heavy atom. The van der Waals surface area contributed by atoms with Crippen LogP contribution in [-0.4, -0.2) is 24.0 Å². The summed E-state index contributed by atoms with van der Waals surface area (Å²) >= 11 is 0. The van der Waals surface area contributed by atoms with Gasteiger partial charge in [0.25, 0.3) is 0 Å². The minimum Gasteiger partial charge on any atom is -0.497 e. The first-order valence-corrected chi connectivity index (χ1v) is 11.2. The molecule has 0 heterocycles. The van der Waals surface area contributed by atoms with Gasteiger partial charge in [-0.25, -0.2) is 4.79 Å². The molecule has 2 N–H and O–H groups in total. The maximum absolute atomic E-state index is 12.9. The van der Waals surface area contributed by atoms with Gasteiger partial charge in [-0.05, 0) is 64.7 Å². The van der Waals surface area contributed by atoms with Gasteiger partial charge in [0.15, 0.2) is 0 Å². The standard InChI is InChI=1S/C29H27NO4/c1-34-27-16-12-23-17-20(7-9-24(23)18-27)8-15-26(31)19-28(21-5-3-2-4-6-21)30-25-13-10-22(11-14-25)29(32)33/h2-7,9-14,16-18,28,30H,8,15,19H2,1H3,(H,32,33). The van der Waals surface area contributed by atoms with Gasteiger partial charge in [0.2, 0.25) is 0 Å². The van der Waals surface area contributed by atoms with Gasteiger partial charge in [0, 0.05) is 18.5 Å². The molecule has 4 aromatic carbocycles. The average molecular weight is 454 g/mol. The second-order valence-corrected chi connectivity index (χ2v) is 8.28. The minimum atomic E-state index is -0.964. The highest BCUT2D eigenvalue weighted by Crippen LogP contribution is 2.25. The molecule has 4 rings (SSSR count). The first-order valence-electron chi connectivity index (χ1n) is 11.2. The fourth-order valence-electron chi connectivity index (χ4n) is 4.02. The van der Waals surface area contributed by atoms with Crippen LogP contribution in [0.2, 0.25) is 0 Å². The Hall–Kier alpha value is -4.12. The Morgan fingerprint density at radius 2 is 1.59 bits per heavy atom. The van der Waals surface area contributed by atoms with Crippen molar-refractivity contribution in [1.82, 2.24) is 0 Å². The van der Waals surface area contributed by atoms with Gasteiger partial charge in [-0.2, -0.15) is 0 Å². The van der Waals surface area contributed by atoms with Crippen molar-refractivity contribution in [2.75, 3.05) is 12.4 Å². The maximum Gasteiger partial charge on any atom is 0.335 e. The third kappa shape index (κ3) is 5.81. The van der Waals surface area contributed by atoms with E-state index in [9.17, 15) is 9.59 Å². The van der Waals surface area contributed by atoms with Gasteiger partial charge in [-0.1, -0.05) is 54.6 Å². The Kier molecular flexibility index (Phi) is 7.23. The first kappa shape index (κ1) is 23.1. The molecule has 0 saturated heterocycles. The molecule has 5 heteroatoms. The number of hydrogen-bond donors (Lipinski definition) is 2. The lowest BCUT2D eigenvalue weighted by molar-refractivity contribution is -0.119. The molecule has 1 unspecified atom stereocenters. The number of ketones is 1. The summed E-state index contributed by atoms with van der Waals surface area (Å²) in [5.41, 5.74) is 3.14. The fourth-order valence-corrected chi connectivity index (χ4v) is 4.02. The van der Waals surface area contributed by atoms with E-state index in [2.05, 4.69) is 23.5 Å². The Labute approximate surface area is 199 Å². The van der Waals surface area contributed by atoms with Crippen molar-refractivity contribution in [2.45, 2.75) is 25.3 Å². The number of carboxylic acids is 1. The number of anilines is 1. The minimum absolute atomic E-state index is 0.165. The number of carbonyl (C=O) groups excluding carboxylic acids is 1. The SMILES string of the molecule is COc1ccc2cc(CCC(=O)CC(Nc3ccc(C(=O)O)cc3)c3ccccc3)ccc2c1. The van der Waals surface area contributed by atoms with Crippen molar-refractivity contribution in [2.24, 2.45) is 0 Å². The van der Waals surface area contributed by atoms with Crippen molar-refractivity contribution in [3.63, 3.8) is 0 Å². The van der Waals surface area contributed by atoms with Crippen molar-refractivity contribution >= 4 is 28.2 Å². The van der Waals surface area contributed by atoms with Crippen molar-refractivity contribution in [3.8, 4) is 5.75 Å². The quantitative estimate of drug-likeness (QED) is 0.295. The molecule has 0 aliphatic carbocycles. The van der Waals surface area contributed by atoms with Gasteiger partial charge >= 0.3 is 5.97 Å². The molecule has 0 amide bonds. The third-order valence-electron chi connectivity index (χ3n) is 5.91. The zero-order valence-electron chi connectivity index (χ0n) is 19.0. The fraction of sp³-hybridized carbons (Fsp3) is 0.172. The number of benzene rings is 4. The van der Waals surface area contributed by atoms with E-state index >= 15 is 0 Å². The van der Waals surface area contributed by atoms with Crippen LogP contribution < -0.4 is 10.1 Å².